The zero-order valence-electron chi connectivity index (χ0n) is 13.7. The number of ether oxygens (including phenoxy) is 1. The van der Waals surface area contributed by atoms with E-state index in [1.54, 1.807) is 6.07 Å². The van der Waals surface area contributed by atoms with Crippen LogP contribution in [0.3, 0.4) is 0 Å². The lowest BCUT2D eigenvalue weighted by molar-refractivity contribution is -0.166. The van der Waals surface area contributed by atoms with Crippen LogP contribution in [0.25, 0.3) is 5.69 Å². The molecule has 1 aromatic heterocycles. The van der Waals surface area contributed by atoms with Crippen LogP contribution in [0, 0.1) is 5.82 Å². The Balaban J connectivity index is 1.60. The van der Waals surface area contributed by atoms with Crippen LogP contribution in [-0.4, -0.2) is 80.3 Å². The first-order valence-corrected chi connectivity index (χ1v) is 8.05. The number of halogens is 1. The number of likely N-dealkylation sites (tertiary alicyclic amines) is 1. The molecule has 2 aromatic rings. The van der Waals surface area contributed by atoms with Crippen molar-refractivity contribution in [1.82, 2.24) is 24.8 Å². The number of carboxylic acid groups (broad SMARTS) is 1. The van der Waals surface area contributed by atoms with E-state index < -0.39 is 23.4 Å². The number of carbonyl (C=O) groups is 2. The second kappa shape index (κ2) is 6.06. The van der Waals surface area contributed by atoms with Gasteiger partial charge < -0.3 is 19.6 Å². The minimum atomic E-state index is -1.02. The van der Waals surface area contributed by atoms with Crippen molar-refractivity contribution in [2.24, 2.45) is 0 Å². The second-order valence-corrected chi connectivity index (χ2v) is 6.35. The van der Waals surface area contributed by atoms with Crippen molar-refractivity contribution in [3.63, 3.8) is 0 Å². The third-order valence-electron chi connectivity index (χ3n) is 4.60. The molecule has 1 spiro atoms. The molecule has 26 heavy (non-hydrogen) atoms. The molecule has 1 N–H and O–H groups in total. The molecule has 2 aliphatic heterocycles. The van der Waals surface area contributed by atoms with Crippen molar-refractivity contribution in [3.8, 4) is 5.69 Å². The van der Waals surface area contributed by atoms with E-state index in [0.717, 1.165) is 0 Å². The maximum atomic E-state index is 14.5. The van der Waals surface area contributed by atoms with Crippen LogP contribution >= 0.6 is 0 Å². The Kier molecular flexibility index (Phi) is 3.83. The first-order chi connectivity index (χ1) is 12.5. The molecule has 1 aromatic carbocycles. The van der Waals surface area contributed by atoms with Gasteiger partial charge in [0.2, 0.25) is 0 Å². The Labute approximate surface area is 147 Å². The fourth-order valence-corrected chi connectivity index (χ4v) is 3.38. The Morgan fingerprint density at radius 1 is 1.15 bits per heavy atom. The number of amides is 2. The molecule has 0 bridgehead atoms. The number of carbonyl (C=O) groups excluding carboxylic acids is 1. The lowest BCUT2D eigenvalue weighted by Gasteiger charge is -2.52. The number of hydrogen-bond acceptors (Lipinski definition) is 5. The van der Waals surface area contributed by atoms with Crippen molar-refractivity contribution in [2.75, 3.05) is 32.8 Å². The van der Waals surface area contributed by atoms with Crippen LogP contribution in [0.2, 0.25) is 0 Å². The van der Waals surface area contributed by atoms with Crippen LogP contribution in [-0.2, 0) is 4.74 Å². The summed E-state index contributed by atoms with van der Waals surface area (Å²) < 4.78 is 20.2. The quantitative estimate of drug-likeness (QED) is 0.841. The molecule has 9 nitrogen and oxygen atoms in total. The van der Waals surface area contributed by atoms with Gasteiger partial charge >= 0.3 is 6.09 Å². The van der Waals surface area contributed by atoms with Crippen molar-refractivity contribution >= 4 is 12.0 Å². The minimum absolute atomic E-state index is 0.116. The molecule has 0 saturated carbocycles. The van der Waals surface area contributed by atoms with Gasteiger partial charge in [0.15, 0.2) is 0 Å². The van der Waals surface area contributed by atoms with Crippen molar-refractivity contribution in [2.45, 2.75) is 5.60 Å². The van der Waals surface area contributed by atoms with Gasteiger partial charge in [-0.3, -0.25) is 4.79 Å². The monoisotopic (exact) mass is 361 g/mol. The molecule has 2 amide bonds. The molecular weight excluding hydrogens is 345 g/mol. The average Bonchev–Trinajstić information content (AvgIpc) is 3.13. The molecule has 10 heteroatoms. The molecule has 0 radical (unpaired) electrons. The number of nitrogens with zero attached hydrogens (tertiary/aromatic N) is 5. The highest BCUT2D eigenvalue weighted by Gasteiger charge is 2.50. The van der Waals surface area contributed by atoms with Gasteiger partial charge in [-0.2, -0.15) is 15.0 Å². The average molecular weight is 361 g/mol. The summed E-state index contributed by atoms with van der Waals surface area (Å²) in [7, 11) is 0. The number of aromatic nitrogens is 3. The van der Waals surface area contributed by atoms with Crippen LogP contribution in [0.1, 0.15) is 10.4 Å². The molecule has 0 atom stereocenters. The van der Waals surface area contributed by atoms with Gasteiger partial charge in [-0.05, 0) is 12.1 Å². The van der Waals surface area contributed by atoms with E-state index in [4.69, 9.17) is 9.84 Å². The van der Waals surface area contributed by atoms with E-state index in [1.807, 2.05) is 0 Å². The highest BCUT2D eigenvalue weighted by Crippen LogP contribution is 2.30. The van der Waals surface area contributed by atoms with Crippen molar-refractivity contribution < 1.29 is 23.8 Å². The van der Waals surface area contributed by atoms with Gasteiger partial charge in [-0.25, -0.2) is 9.18 Å². The Bertz CT molecular complexity index is 850. The summed E-state index contributed by atoms with van der Waals surface area (Å²) in [6, 6.07) is 4.27. The Morgan fingerprint density at radius 3 is 2.54 bits per heavy atom. The van der Waals surface area contributed by atoms with Gasteiger partial charge in [0.1, 0.15) is 22.7 Å². The lowest BCUT2D eigenvalue weighted by atomic mass is 9.92. The highest BCUT2D eigenvalue weighted by atomic mass is 19.1. The predicted octanol–water partition coefficient (Wildman–Crippen LogP) is 0.611. The third-order valence-corrected chi connectivity index (χ3v) is 4.60. The van der Waals surface area contributed by atoms with Gasteiger partial charge in [-0.15, -0.1) is 0 Å². The fraction of sp³-hybridized carbons (Fsp3) is 0.375. The number of hydrogen-bond donors (Lipinski definition) is 1. The molecule has 2 aliphatic rings. The molecule has 3 heterocycles. The summed E-state index contributed by atoms with van der Waals surface area (Å²) in [6.07, 6.45) is 1.86. The molecule has 2 fully saturated rings. The molecule has 2 saturated heterocycles. The summed E-state index contributed by atoms with van der Waals surface area (Å²) in [6.45, 7) is 1.15. The lowest BCUT2D eigenvalue weighted by Crippen LogP contribution is -2.71. The largest absolute Gasteiger partial charge is 0.465 e. The zero-order chi connectivity index (χ0) is 18.3. The number of morpholine rings is 1. The molecule has 0 unspecified atom stereocenters. The second-order valence-electron chi connectivity index (χ2n) is 6.35. The van der Waals surface area contributed by atoms with Crippen molar-refractivity contribution in [1.29, 1.82) is 0 Å². The van der Waals surface area contributed by atoms with E-state index >= 15 is 0 Å². The van der Waals surface area contributed by atoms with E-state index in [9.17, 15) is 14.0 Å². The van der Waals surface area contributed by atoms with Gasteiger partial charge in [0.05, 0.1) is 38.6 Å². The SMILES string of the molecule is O=C(O)N1CC2(C1)CN(C(=O)c1c(F)cccc1-n1nccn1)CCO2. The molecule has 4 rings (SSSR count). The summed E-state index contributed by atoms with van der Waals surface area (Å²) in [5.74, 6) is -1.15. The first kappa shape index (κ1) is 16.5. The highest BCUT2D eigenvalue weighted by molar-refractivity contribution is 5.98. The molecule has 0 aliphatic carbocycles. The zero-order valence-corrected chi connectivity index (χ0v) is 13.7. The molecular formula is C16H16FN5O4. The summed E-state index contributed by atoms with van der Waals surface area (Å²) in [4.78, 5) is 27.9. The van der Waals surface area contributed by atoms with Crippen LogP contribution in [0.15, 0.2) is 30.6 Å². The van der Waals surface area contributed by atoms with Gasteiger partial charge in [0.25, 0.3) is 5.91 Å². The topological polar surface area (TPSA) is 101 Å². The van der Waals surface area contributed by atoms with E-state index in [-0.39, 0.29) is 37.5 Å². The smallest absolute Gasteiger partial charge is 0.407 e. The Hall–Kier alpha value is -3.01. The van der Waals surface area contributed by atoms with Crippen LogP contribution in [0.5, 0.6) is 0 Å². The maximum absolute atomic E-state index is 14.5. The van der Waals surface area contributed by atoms with Crippen molar-refractivity contribution in [3.05, 3.63) is 42.0 Å². The van der Waals surface area contributed by atoms with Crippen LogP contribution in [0.4, 0.5) is 9.18 Å². The normalized spacial score (nSPS) is 18.7. The standard InChI is InChI=1S/C16H16FN5O4/c17-11-2-1-3-12(22-18-4-5-19-22)13(11)14(23)20-6-7-26-16(8-20)9-21(10-16)15(24)25/h1-5H,6-10H2,(H,24,25). The summed E-state index contributed by atoms with van der Waals surface area (Å²) >= 11 is 0. The van der Waals surface area contributed by atoms with E-state index in [1.165, 1.54) is 39.1 Å². The first-order valence-electron chi connectivity index (χ1n) is 8.05. The number of rotatable bonds is 2. The van der Waals surface area contributed by atoms with Gasteiger partial charge in [-0.1, -0.05) is 6.07 Å². The van der Waals surface area contributed by atoms with E-state index in [0.29, 0.717) is 6.54 Å². The summed E-state index contributed by atoms with van der Waals surface area (Å²) in [5.41, 5.74) is -0.585. The van der Waals surface area contributed by atoms with Gasteiger partial charge in [0, 0.05) is 6.54 Å². The minimum Gasteiger partial charge on any atom is -0.465 e. The fourth-order valence-electron chi connectivity index (χ4n) is 3.38. The third kappa shape index (κ3) is 2.68. The maximum Gasteiger partial charge on any atom is 0.407 e. The Morgan fingerprint density at radius 2 is 1.85 bits per heavy atom. The predicted molar refractivity (Wildman–Crippen MR) is 85.5 cm³/mol. The number of benzene rings is 1. The summed E-state index contributed by atoms with van der Waals surface area (Å²) in [5, 5.41) is 16.9. The van der Waals surface area contributed by atoms with Crippen LogP contribution < -0.4 is 0 Å². The van der Waals surface area contributed by atoms with E-state index in [2.05, 4.69) is 10.2 Å². The molecule has 136 valence electrons.